The molecule has 3 aromatic rings. The maximum atomic E-state index is 13.9. The average Bonchev–Trinajstić information content (AvgIpc) is 3.31. The van der Waals surface area contributed by atoms with Crippen molar-refractivity contribution < 1.29 is 18.4 Å². The second-order valence-corrected chi connectivity index (χ2v) is 7.18. The maximum absolute atomic E-state index is 13.9. The molecule has 2 aromatic heterocycles. The highest BCUT2D eigenvalue weighted by Crippen LogP contribution is 2.25. The van der Waals surface area contributed by atoms with E-state index in [4.69, 9.17) is 9.26 Å². The van der Waals surface area contributed by atoms with Gasteiger partial charge < -0.3 is 19.6 Å². The quantitative estimate of drug-likeness (QED) is 0.723. The van der Waals surface area contributed by atoms with Crippen molar-refractivity contribution in [2.24, 2.45) is 5.92 Å². The third-order valence-electron chi connectivity index (χ3n) is 5.13. The largest absolute Gasteiger partial charge is 0.379 e. The monoisotopic (exact) mass is 371 g/mol. The molecule has 3 heterocycles. The molecule has 1 fully saturated rings. The van der Waals surface area contributed by atoms with Crippen LogP contribution in [0.15, 0.2) is 28.8 Å². The van der Waals surface area contributed by atoms with Crippen LogP contribution in [0.3, 0.4) is 0 Å². The van der Waals surface area contributed by atoms with Crippen molar-refractivity contribution in [1.29, 1.82) is 0 Å². The molecule has 1 amide bonds. The summed E-state index contributed by atoms with van der Waals surface area (Å²) in [6.45, 7) is 4.78. The summed E-state index contributed by atoms with van der Waals surface area (Å²) in [6, 6.07) is 6.73. The summed E-state index contributed by atoms with van der Waals surface area (Å²) in [5.74, 6) is 0.527. The number of nitrogens with zero attached hydrogens (tertiary/aromatic N) is 1. The fourth-order valence-corrected chi connectivity index (χ4v) is 3.74. The molecule has 1 aliphatic rings. The molecule has 142 valence electrons. The zero-order valence-corrected chi connectivity index (χ0v) is 15.3. The van der Waals surface area contributed by atoms with E-state index in [1.807, 2.05) is 26.0 Å². The van der Waals surface area contributed by atoms with Crippen LogP contribution in [0, 0.1) is 25.6 Å². The first-order valence-electron chi connectivity index (χ1n) is 9.06. The molecule has 4 rings (SSSR count). The van der Waals surface area contributed by atoms with Crippen molar-refractivity contribution in [1.82, 2.24) is 15.5 Å². The van der Waals surface area contributed by atoms with Crippen LogP contribution in [-0.4, -0.2) is 35.3 Å². The Bertz CT molecular complexity index is 978. The number of halogens is 1. The molecule has 0 radical (unpaired) electrons. The van der Waals surface area contributed by atoms with Crippen molar-refractivity contribution >= 4 is 16.8 Å². The molecule has 1 aliphatic heterocycles. The predicted octanol–water partition coefficient (Wildman–Crippen LogP) is 2.83. The van der Waals surface area contributed by atoms with E-state index in [1.54, 1.807) is 6.07 Å². The summed E-state index contributed by atoms with van der Waals surface area (Å²) < 4.78 is 24.8. The number of carbonyl (C=O) groups excluding carboxylic acids is 1. The molecule has 0 bridgehead atoms. The summed E-state index contributed by atoms with van der Waals surface area (Å²) in [5.41, 5.74) is 2.91. The fourth-order valence-electron chi connectivity index (χ4n) is 3.74. The topological polar surface area (TPSA) is 80.1 Å². The molecule has 0 unspecified atom stereocenters. The highest BCUT2D eigenvalue weighted by molar-refractivity contribution is 5.90. The number of para-hydroxylation sites is 1. The van der Waals surface area contributed by atoms with Gasteiger partial charge in [-0.25, -0.2) is 4.39 Å². The Morgan fingerprint density at radius 2 is 2.22 bits per heavy atom. The minimum Gasteiger partial charge on any atom is -0.379 e. The van der Waals surface area contributed by atoms with Crippen molar-refractivity contribution in [2.75, 3.05) is 13.2 Å². The minimum atomic E-state index is -0.311. The molecule has 1 aromatic carbocycles. The Labute approximate surface area is 156 Å². The van der Waals surface area contributed by atoms with Gasteiger partial charge in [0.1, 0.15) is 11.6 Å². The van der Waals surface area contributed by atoms with Crippen LogP contribution in [0.1, 0.15) is 22.7 Å². The van der Waals surface area contributed by atoms with Crippen LogP contribution in [0.4, 0.5) is 4.39 Å². The van der Waals surface area contributed by atoms with Crippen molar-refractivity contribution in [2.45, 2.75) is 32.7 Å². The van der Waals surface area contributed by atoms with Gasteiger partial charge in [0.05, 0.1) is 36.9 Å². The molecule has 0 spiro atoms. The third-order valence-corrected chi connectivity index (χ3v) is 5.13. The van der Waals surface area contributed by atoms with Gasteiger partial charge in [-0.15, -0.1) is 0 Å². The number of H-pyrrole nitrogens is 1. The first-order valence-corrected chi connectivity index (χ1v) is 9.06. The number of aromatic amines is 1. The van der Waals surface area contributed by atoms with E-state index in [0.29, 0.717) is 25.2 Å². The van der Waals surface area contributed by atoms with Crippen LogP contribution in [0.25, 0.3) is 10.9 Å². The lowest BCUT2D eigenvalue weighted by Crippen LogP contribution is -2.41. The van der Waals surface area contributed by atoms with Gasteiger partial charge in [0.2, 0.25) is 5.91 Å². The number of rotatable bonds is 5. The Morgan fingerprint density at radius 1 is 1.37 bits per heavy atom. The number of ether oxygens (including phenoxy) is 1. The van der Waals surface area contributed by atoms with Gasteiger partial charge in [0.25, 0.3) is 0 Å². The maximum Gasteiger partial charge on any atom is 0.224 e. The van der Waals surface area contributed by atoms with E-state index in [-0.39, 0.29) is 30.1 Å². The first kappa shape index (κ1) is 17.7. The number of nitrogens with one attached hydrogen (secondary N) is 2. The number of hydrogen-bond donors (Lipinski definition) is 2. The van der Waals surface area contributed by atoms with E-state index in [1.165, 1.54) is 6.07 Å². The average molecular weight is 371 g/mol. The second kappa shape index (κ2) is 7.15. The fraction of sp³-hybridized carbons (Fsp3) is 0.400. The summed E-state index contributed by atoms with van der Waals surface area (Å²) in [4.78, 5) is 15.7. The molecule has 27 heavy (non-hydrogen) atoms. The molecule has 2 N–H and O–H groups in total. The number of fused-ring (bicyclic) bond motifs is 1. The number of amides is 1. The van der Waals surface area contributed by atoms with E-state index in [0.717, 1.165) is 28.1 Å². The Morgan fingerprint density at radius 3 is 3.00 bits per heavy atom. The predicted molar refractivity (Wildman–Crippen MR) is 97.9 cm³/mol. The second-order valence-electron chi connectivity index (χ2n) is 7.18. The van der Waals surface area contributed by atoms with E-state index < -0.39 is 0 Å². The lowest BCUT2D eigenvalue weighted by molar-refractivity contribution is -0.121. The smallest absolute Gasteiger partial charge is 0.224 e. The minimum absolute atomic E-state index is 0.0786. The summed E-state index contributed by atoms with van der Waals surface area (Å²) in [7, 11) is 0. The molecule has 6 nitrogen and oxygen atoms in total. The zero-order valence-electron chi connectivity index (χ0n) is 15.3. The molecule has 0 aliphatic carbocycles. The highest BCUT2D eigenvalue weighted by Gasteiger charge is 2.31. The van der Waals surface area contributed by atoms with Crippen molar-refractivity contribution in [3.05, 3.63) is 52.8 Å². The lowest BCUT2D eigenvalue weighted by Gasteiger charge is -2.18. The van der Waals surface area contributed by atoms with Crippen molar-refractivity contribution in [3.8, 4) is 0 Å². The van der Waals surface area contributed by atoms with Crippen molar-refractivity contribution in [3.63, 3.8) is 0 Å². The first-order chi connectivity index (χ1) is 13.0. The SMILES string of the molecule is Cc1cc(C[C@@H]2COC[C@@H]2NC(=O)Cc2c(C)[nH]c3c(F)cccc23)on1. The van der Waals surface area contributed by atoms with Gasteiger partial charge in [-0.3, -0.25) is 4.79 Å². The number of benzene rings is 1. The van der Waals surface area contributed by atoms with Crippen LogP contribution in [0.2, 0.25) is 0 Å². The number of aromatic nitrogens is 2. The Balaban J connectivity index is 1.45. The van der Waals surface area contributed by atoms with Gasteiger partial charge >= 0.3 is 0 Å². The van der Waals surface area contributed by atoms with Crippen LogP contribution >= 0.6 is 0 Å². The Hall–Kier alpha value is -2.67. The van der Waals surface area contributed by atoms with Gasteiger partial charge in [0.15, 0.2) is 0 Å². The molecule has 2 atom stereocenters. The molecular weight excluding hydrogens is 349 g/mol. The highest BCUT2D eigenvalue weighted by atomic mass is 19.1. The lowest BCUT2D eigenvalue weighted by atomic mass is 9.97. The Kier molecular flexibility index (Phi) is 4.70. The van der Waals surface area contributed by atoms with Crippen LogP contribution in [-0.2, 0) is 22.4 Å². The number of carbonyl (C=O) groups is 1. The summed E-state index contributed by atoms with van der Waals surface area (Å²) >= 11 is 0. The van der Waals surface area contributed by atoms with Crippen LogP contribution in [0.5, 0.6) is 0 Å². The number of hydrogen-bond acceptors (Lipinski definition) is 4. The molecule has 7 heteroatoms. The standard InChI is InChI=1S/C20H22FN3O3/c1-11-6-14(27-24-11)7-13-9-26-10-18(13)23-19(25)8-16-12(2)22-20-15(16)4-3-5-17(20)21/h3-6,13,18,22H,7-10H2,1-2H3,(H,23,25)/t13-,18+/m1/s1. The van der Waals surface area contributed by atoms with Gasteiger partial charge in [0, 0.05) is 29.5 Å². The van der Waals surface area contributed by atoms with Gasteiger partial charge in [-0.05, 0) is 25.5 Å². The van der Waals surface area contributed by atoms with E-state index in [9.17, 15) is 9.18 Å². The number of aryl methyl sites for hydroxylation is 2. The normalized spacial score (nSPS) is 19.7. The van der Waals surface area contributed by atoms with E-state index in [2.05, 4.69) is 15.5 Å². The summed E-state index contributed by atoms with van der Waals surface area (Å²) in [6.07, 6.45) is 0.864. The van der Waals surface area contributed by atoms with Gasteiger partial charge in [-0.2, -0.15) is 0 Å². The third kappa shape index (κ3) is 3.60. The molecule has 0 saturated carbocycles. The zero-order chi connectivity index (χ0) is 19.0. The molecular formula is C20H22FN3O3. The van der Waals surface area contributed by atoms with E-state index >= 15 is 0 Å². The van der Waals surface area contributed by atoms with Crippen LogP contribution < -0.4 is 5.32 Å². The molecule has 1 saturated heterocycles. The summed E-state index contributed by atoms with van der Waals surface area (Å²) in [5, 5.41) is 7.72. The van der Waals surface area contributed by atoms with Gasteiger partial charge in [-0.1, -0.05) is 17.3 Å².